The minimum Gasteiger partial charge on any atom is -0.508 e. The van der Waals surface area contributed by atoms with Gasteiger partial charge < -0.3 is 172 Å². The van der Waals surface area contributed by atoms with E-state index >= 15 is 19.2 Å². The Morgan fingerprint density at radius 3 is 0.906 bits per heavy atom. The molecule has 52 heteroatoms. The summed E-state index contributed by atoms with van der Waals surface area (Å²) in [5.41, 5.74) is 48.9. The maximum absolute atomic E-state index is 15.1. The Morgan fingerprint density at radius 1 is 0.370 bits per heavy atom. The second kappa shape index (κ2) is 51.8. The number of esters is 1. The maximum Gasteiger partial charge on any atom is 0.339 e. The number of allylic oxidation sites excluding steroid dienone is 2. The molecule has 0 fully saturated rings. The summed E-state index contributed by atoms with van der Waals surface area (Å²) in [6.45, 7) is -0.264. The minimum atomic E-state index is -1.66. The second-order valence-electron chi connectivity index (χ2n) is 29.8. The highest BCUT2D eigenvalue weighted by atomic mass is 16.6. The fourth-order valence-corrected chi connectivity index (χ4v) is 13.8. The number of aromatic hydroxyl groups is 1. The van der Waals surface area contributed by atoms with Gasteiger partial charge in [0.1, 0.15) is 77.4 Å². The Balaban J connectivity index is 1.50. The number of carboxylic acids is 1. The zero-order valence-corrected chi connectivity index (χ0v) is 70.0. The van der Waals surface area contributed by atoms with Crippen molar-refractivity contribution < 1.29 is 77.5 Å². The van der Waals surface area contributed by atoms with Crippen LogP contribution in [0.1, 0.15) is 154 Å². The van der Waals surface area contributed by atoms with Gasteiger partial charge >= 0.3 is 11.9 Å². The van der Waals surface area contributed by atoms with Gasteiger partial charge in [0.25, 0.3) is 5.91 Å². The number of aliphatic hydroxyl groups is 1. The lowest BCUT2D eigenvalue weighted by Crippen LogP contribution is -2.60. The van der Waals surface area contributed by atoms with Crippen LogP contribution in [0.5, 0.6) is 11.5 Å². The van der Waals surface area contributed by atoms with E-state index < -0.39 is 179 Å². The van der Waals surface area contributed by atoms with Crippen molar-refractivity contribution >= 4 is 119 Å². The molecule has 2 heterocycles. The number of amides is 9. The van der Waals surface area contributed by atoms with Gasteiger partial charge in [-0.1, -0.05) is 6.07 Å². The Bertz CT molecular complexity index is 4390. The third-order valence-corrected chi connectivity index (χ3v) is 20.0. The molecule has 1 aliphatic carbocycles. The van der Waals surface area contributed by atoms with E-state index in [0.29, 0.717) is 11.1 Å². The van der Waals surface area contributed by atoms with E-state index in [-0.39, 0.29) is 221 Å². The Kier molecular flexibility index (Phi) is 41.8. The number of aliphatic carboxylic acids is 1. The van der Waals surface area contributed by atoms with E-state index in [1.807, 2.05) is 0 Å². The van der Waals surface area contributed by atoms with E-state index in [2.05, 4.69) is 95.7 Å². The van der Waals surface area contributed by atoms with Gasteiger partial charge in [-0.05, 0) is 152 Å². The number of nitrogens with two attached hydrogens (primary N) is 9. The summed E-state index contributed by atoms with van der Waals surface area (Å²) in [5.74, 6) is -16.0. The molecule has 2 unspecified atom stereocenters. The molecular formula is C75H122N36O16. The first-order chi connectivity index (χ1) is 60.2. The first kappa shape index (κ1) is 102. The Labute approximate surface area is 730 Å². The topological polar surface area (TPSA) is 932 Å². The fourth-order valence-electron chi connectivity index (χ4n) is 13.8. The minimum absolute atomic E-state index is 0.00470. The van der Waals surface area contributed by atoms with Gasteiger partial charge in [-0.2, -0.15) is 0 Å². The van der Waals surface area contributed by atoms with Crippen LogP contribution in [0.25, 0.3) is 0 Å². The molecule has 9 amide bonds. The number of carbonyl (C=O) groups is 11. The van der Waals surface area contributed by atoms with Crippen molar-refractivity contribution in [3.63, 3.8) is 0 Å². The van der Waals surface area contributed by atoms with E-state index in [1.165, 1.54) is 48.6 Å². The monoisotopic (exact) mass is 1780 g/mol. The van der Waals surface area contributed by atoms with Crippen molar-refractivity contribution in [1.29, 1.82) is 48.7 Å². The molecule has 0 radical (unpaired) electrons. The number of hydrogen-bond acceptors (Lipinski definition) is 24. The van der Waals surface area contributed by atoms with Crippen molar-refractivity contribution in [2.45, 2.75) is 182 Å². The summed E-state index contributed by atoms with van der Waals surface area (Å²) in [6, 6.07) is -5.92. The van der Waals surface area contributed by atoms with Crippen molar-refractivity contribution in [1.82, 2.24) is 95.7 Å². The van der Waals surface area contributed by atoms with Crippen LogP contribution >= 0.6 is 0 Å². The van der Waals surface area contributed by atoms with Gasteiger partial charge in [-0.3, -0.25) is 91.8 Å². The van der Waals surface area contributed by atoms with Crippen LogP contribution in [-0.2, 0) is 53.5 Å². The summed E-state index contributed by atoms with van der Waals surface area (Å²) >= 11 is 0. The average molecular weight is 1780 g/mol. The molecule has 0 aromatic heterocycles. The van der Waals surface area contributed by atoms with Gasteiger partial charge in [-0.25, -0.2) is 9.59 Å². The molecule has 2 aliphatic heterocycles. The summed E-state index contributed by atoms with van der Waals surface area (Å²) in [4.78, 5) is 160. The SMILES string of the molecule is N=C(N)NCCC[C@H](NC(=O)[C@H](CCCNC(=N)N)NC(=O)[C@H](CCCNC(=N)N)NC(=O)[C@H](CCCNC(=N)N)NC(=O)[C@H](CCCNC(=N)N)NC(=O)[C@H](CCCNC(=N)N)NC(=O)[C@H](CCCNC(=N)N)NC(=O)[C@H](CCCNC(=N)N)NC(=O)[C@H](CCCNC(=N)N)NC(=O)c1ccc2c(c1)C(=O)OC21c2ccc(O)cc2OC2=CC(O)=CCC21)C(=O)O. The predicted molar refractivity (Wildman–Crippen MR) is 465 cm³/mol. The van der Waals surface area contributed by atoms with E-state index in [9.17, 15) is 48.9 Å². The number of guanidine groups is 9. The lowest BCUT2D eigenvalue weighted by atomic mass is 9.70. The highest BCUT2D eigenvalue weighted by Crippen LogP contribution is 2.58. The van der Waals surface area contributed by atoms with Gasteiger partial charge in [0.05, 0.1) is 11.5 Å². The van der Waals surface area contributed by atoms with Gasteiger partial charge in [0.15, 0.2) is 59.2 Å². The molecule has 5 rings (SSSR count). The van der Waals surface area contributed by atoms with E-state index in [1.54, 1.807) is 0 Å². The van der Waals surface area contributed by atoms with Crippen LogP contribution in [-0.4, -0.2) is 247 Å². The molecular weight excluding hydrogens is 1660 g/mol. The first-order valence-corrected chi connectivity index (χ1v) is 40.9. The van der Waals surface area contributed by atoms with Gasteiger partial charge in [0.2, 0.25) is 47.3 Å². The molecule has 52 nitrogen and oxygen atoms in total. The number of rotatable bonds is 55. The predicted octanol–water partition coefficient (Wildman–Crippen LogP) is -8.02. The largest absolute Gasteiger partial charge is 0.508 e. The van der Waals surface area contributed by atoms with Crippen LogP contribution in [0, 0.1) is 54.6 Å². The van der Waals surface area contributed by atoms with Crippen molar-refractivity contribution in [2.75, 3.05) is 58.9 Å². The molecule has 2 aromatic rings. The van der Waals surface area contributed by atoms with Crippen LogP contribution in [0.15, 0.2) is 60.1 Å². The lowest BCUT2D eigenvalue weighted by molar-refractivity contribution is -0.142. The molecule has 698 valence electrons. The number of phenols is 1. The van der Waals surface area contributed by atoms with Crippen LogP contribution in [0.2, 0.25) is 0 Å². The van der Waals surface area contributed by atoms with Crippen LogP contribution in [0.3, 0.4) is 0 Å². The standard InChI is InChI=1S/C75H122N36O16/c76-66(77)94-25-1-10-44(103-55(114)37-19-22-41-40(34-37)65(125)127-75(41)42-23-20-38(112)35-53(42)126-54-36-39(113)21-24-43(54)75)56(115)104-45(11-2-26-95-67(78)79)57(116)105-46(12-3-27-96-68(80)81)58(117)106-47(13-4-28-97-69(82)83)59(118)107-48(14-5-29-98-70(84)85)60(119)108-49(15-6-30-99-71(86)87)61(120)109-50(16-7-31-100-72(88)89)62(121)110-51(17-8-32-101-73(90)91)63(122)111-52(64(123)124)18-9-33-102-74(92)93/h19-23,34-36,43-52,112-113H,1-18,24-33H2,(H,103,114)(H,104,115)(H,105,116)(H,106,117)(H,107,118)(H,108,119)(H,109,120)(H,110,121)(H,111,122)(H,123,124)(H4,76,77,94)(H4,78,79,95)(H4,80,81,96)(H4,82,83,97)(H4,84,85,98)(H4,86,87,99)(H4,88,89,100)(H4,90,91,101)(H4,92,93,102)/t43?,44-,45-,46-,47-,48-,49-,50-,51-,52-,75?/m0/s1. The quantitative estimate of drug-likeness (QED) is 0.0127. The summed E-state index contributed by atoms with van der Waals surface area (Å²) < 4.78 is 12.4. The third-order valence-electron chi connectivity index (χ3n) is 20.0. The molecule has 1 spiro atoms. The summed E-state index contributed by atoms with van der Waals surface area (Å²) in [5, 5.41) is 147. The molecule has 48 N–H and O–H groups in total. The van der Waals surface area contributed by atoms with Crippen molar-refractivity contribution in [3.8, 4) is 11.5 Å². The van der Waals surface area contributed by atoms with Crippen LogP contribution < -0.4 is 152 Å². The Hall–Kier alpha value is -15.1. The molecule has 0 saturated heterocycles. The van der Waals surface area contributed by atoms with Crippen LogP contribution in [0.4, 0.5) is 0 Å². The number of ether oxygens (including phenoxy) is 2. The molecule has 3 aliphatic rings. The average Bonchev–Trinajstić information content (AvgIpc) is 1.57. The number of carboxylic acid groups (broad SMARTS) is 1. The lowest BCUT2D eigenvalue weighted by Gasteiger charge is -2.43. The van der Waals surface area contributed by atoms with E-state index in [0.717, 1.165) is 0 Å². The molecule has 127 heavy (non-hydrogen) atoms. The maximum atomic E-state index is 15.1. The number of fused-ring (bicyclic) bond motifs is 6. The summed E-state index contributed by atoms with van der Waals surface area (Å²) in [7, 11) is 0. The van der Waals surface area contributed by atoms with Gasteiger partial charge in [0, 0.05) is 87.7 Å². The highest BCUT2D eigenvalue weighted by molar-refractivity contribution is 6.04. The fraction of sp³-hybridized carbons (Fsp3) is 0.520. The van der Waals surface area contributed by atoms with Crippen molar-refractivity contribution in [3.05, 3.63) is 82.3 Å². The number of phenolic OH excluding ortho intramolecular Hbond substituents is 1. The van der Waals surface area contributed by atoms with E-state index in [4.69, 9.17) is 110 Å². The third kappa shape index (κ3) is 35.0. The second-order valence-corrected chi connectivity index (χ2v) is 29.8. The number of carbonyl (C=O) groups excluding carboxylic acids is 10. The molecule has 2 aromatic carbocycles. The zero-order chi connectivity index (χ0) is 94.0. The highest BCUT2D eigenvalue weighted by Gasteiger charge is 2.58. The summed E-state index contributed by atoms with van der Waals surface area (Å²) in [6.07, 6.45) is 0.956. The van der Waals surface area contributed by atoms with Gasteiger partial charge in [-0.15, -0.1) is 0 Å². The smallest absolute Gasteiger partial charge is 0.339 e. The molecule has 0 bridgehead atoms. The number of benzene rings is 2. The number of nitrogens with one attached hydrogen (secondary N) is 27. The first-order valence-electron chi connectivity index (χ1n) is 40.9. The molecule has 11 atom stereocenters. The zero-order valence-electron chi connectivity index (χ0n) is 70.0. The van der Waals surface area contributed by atoms with Crippen molar-refractivity contribution in [2.24, 2.45) is 57.5 Å². The Morgan fingerprint density at radius 2 is 0.630 bits per heavy atom. The molecule has 0 saturated carbocycles. The normalized spacial score (nSPS) is 15.8. The number of hydrogen-bond donors (Lipinski definition) is 39. The number of aliphatic hydroxyl groups excluding tert-OH is 1.